The molecule has 0 aliphatic carbocycles. The van der Waals surface area contributed by atoms with Crippen LogP contribution in [0, 0.1) is 0 Å². The van der Waals surface area contributed by atoms with Crippen molar-refractivity contribution in [1.82, 2.24) is 5.32 Å². The molecule has 0 aliphatic heterocycles. The van der Waals surface area contributed by atoms with Gasteiger partial charge in [-0.25, -0.2) is 4.39 Å². The summed E-state index contributed by atoms with van der Waals surface area (Å²) < 4.78 is 13.6. The Morgan fingerprint density at radius 1 is 1.35 bits per heavy atom. The fourth-order valence-electron chi connectivity index (χ4n) is 0.893. The predicted molar refractivity (Wildman–Crippen MR) is 76.5 cm³/mol. The third-order valence-corrected chi connectivity index (χ3v) is 1.87. The smallest absolute Gasteiger partial charge is 0.129 e. The second kappa shape index (κ2) is 11.5. The molecule has 100 valence electrons. The number of hydrogen-bond donors (Lipinski definition) is 1. The minimum Gasteiger partial charge on any atom is -0.320 e. The van der Waals surface area contributed by atoms with Crippen molar-refractivity contribution in [3.05, 3.63) is 23.9 Å². The zero-order chi connectivity index (χ0) is 13.7. The van der Waals surface area contributed by atoms with Crippen molar-refractivity contribution in [1.29, 1.82) is 0 Å². The largest absolute Gasteiger partial charge is 0.320 e. The fourth-order valence-corrected chi connectivity index (χ4v) is 0.893. The van der Waals surface area contributed by atoms with E-state index >= 15 is 0 Å². The monoisotopic (exact) mass is 242 g/mol. The van der Waals surface area contributed by atoms with Gasteiger partial charge in [-0.15, -0.1) is 0 Å². The molecule has 0 heterocycles. The number of aliphatic imine (C=N–C) groups is 1. The van der Waals surface area contributed by atoms with Gasteiger partial charge < -0.3 is 5.32 Å². The number of alkyl halides is 1. The molecule has 0 amide bonds. The highest BCUT2D eigenvalue weighted by atomic mass is 19.1. The van der Waals surface area contributed by atoms with E-state index in [1.54, 1.807) is 13.1 Å². The maximum absolute atomic E-state index is 13.6. The van der Waals surface area contributed by atoms with E-state index in [1.165, 1.54) is 17.8 Å². The van der Waals surface area contributed by atoms with E-state index in [0.29, 0.717) is 13.0 Å². The molecule has 0 aromatic rings. The van der Waals surface area contributed by atoms with Crippen molar-refractivity contribution in [3.63, 3.8) is 0 Å². The van der Waals surface area contributed by atoms with Crippen molar-refractivity contribution in [2.75, 3.05) is 13.6 Å². The Balaban J connectivity index is 0. The lowest BCUT2D eigenvalue weighted by Gasteiger charge is -2.14. The van der Waals surface area contributed by atoms with Gasteiger partial charge in [0.15, 0.2) is 0 Å². The summed E-state index contributed by atoms with van der Waals surface area (Å²) in [6.07, 6.45) is 7.00. The Kier molecular flexibility index (Phi) is 12.5. The molecule has 0 bridgehead atoms. The van der Waals surface area contributed by atoms with Crippen LogP contribution in [-0.2, 0) is 0 Å². The van der Waals surface area contributed by atoms with Crippen LogP contribution in [0.5, 0.6) is 0 Å². The maximum Gasteiger partial charge on any atom is 0.129 e. The first kappa shape index (κ1) is 18.4. The standard InChI is InChI=1S/C12H21FN2.C2H6/c1-11(2)5-8-15-10-7-12(3,13)6-9-14-4;1-2/h5,7-8,10,14H,6,9H2,1-4H3;1-2H3/b10-7+,15-8?;. The second-order valence-corrected chi connectivity index (χ2v) is 3.99. The van der Waals surface area contributed by atoms with E-state index in [2.05, 4.69) is 10.3 Å². The molecule has 0 radical (unpaired) electrons. The number of hydrogen-bond acceptors (Lipinski definition) is 2. The van der Waals surface area contributed by atoms with Gasteiger partial charge in [0.25, 0.3) is 0 Å². The van der Waals surface area contributed by atoms with Crippen LogP contribution in [0.1, 0.15) is 41.0 Å². The van der Waals surface area contributed by atoms with Crippen molar-refractivity contribution >= 4 is 6.21 Å². The summed E-state index contributed by atoms with van der Waals surface area (Å²) in [7, 11) is 1.81. The Labute approximate surface area is 106 Å². The van der Waals surface area contributed by atoms with Crippen LogP contribution in [0.25, 0.3) is 0 Å². The number of rotatable bonds is 6. The summed E-state index contributed by atoms with van der Waals surface area (Å²) in [4.78, 5) is 3.96. The molecule has 3 heteroatoms. The van der Waals surface area contributed by atoms with Gasteiger partial charge in [0.05, 0.1) is 0 Å². The molecule has 17 heavy (non-hydrogen) atoms. The van der Waals surface area contributed by atoms with Crippen molar-refractivity contribution in [2.24, 2.45) is 4.99 Å². The Bertz CT molecular complexity index is 249. The summed E-state index contributed by atoms with van der Waals surface area (Å²) in [6, 6.07) is 0. The number of nitrogens with one attached hydrogen (secondary N) is 1. The van der Waals surface area contributed by atoms with E-state index in [0.717, 1.165) is 0 Å². The summed E-state index contributed by atoms with van der Waals surface area (Å²) in [5, 5.41) is 2.92. The molecule has 0 aromatic heterocycles. The normalized spacial score (nSPS) is 14.3. The third-order valence-electron chi connectivity index (χ3n) is 1.87. The average Bonchev–Trinajstić information content (AvgIpc) is 2.28. The summed E-state index contributed by atoms with van der Waals surface area (Å²) in [5.74, 6) is 0. The second-order valence-electron chi connectivity index (χ2n) is 3.99. The average molecular weight is 242 g/mol. The van der Waals surface area contributed by atoms with Crippen LogP contribution in [-0.4, -0.2) is 25.5 Å². The van der Waals surface area contributed by atoms with Gasteiger partial charge >= 0.3 is 0 Å². The van der Waals surface area contributed by atoms with Gasteiger partial charge in [0.2, 0.25) is 0 Å². The number of halogens is 1. The molecule has 0 saturated heterocycles. The Morgan fingerprint density at radius 3 is 2.41 bits per heavy atom. The van der Waals surface area contributed by atoms with E-state index in [1.807, 2.05) is 40.8 Å². The molecule has 0 aromatic carbocycles. The predicted octanol–water partition coefficient (Wildman–Crippen LogP) is 3.90. The Hall–Kier alpha value is -0.960. The minimum absolute atomic E-state index is 0.457. The lowest BCUT2D eigenvalue weighted by atomic mass is 10.1. The minimum atomic E-state index is -1.29. The van der Waals surface area contributed by atoms with Crippen LogP contribution < -0.4 is 5.32 Å². The molecule has 0 fully saturated rings. The molecule has 1 atom stereocenters. The van der Waals surface area contributed by atoms with Crippen LogP contribution in [0.3, 0.4) is 0 Å². The van der Waals surface area contributed by atoms with Gasteiger partial charge in [-0.1, -0.05) is 19.4 Å². The van der Waals surface area contributed by atoms with Crippen molar-refractivity contribution < 1.29 is 4.39 Å². The van der Waals surface area contributed by atoms with Gasteiger partial charge in [-0.2, -0.15) is 0 Å². The molecule has 0 aliphatic rings. The first-order valence-corrected chi connectivity index (χ1v) is 6.16. The van der Waals surface area contributed by atoms with Gasteiger partial charge in [-0.3, -0.25) is 4.99 Å². The van der Waals surface area contributed by atoms with Crippen LogP contribution in [0.15, 0.2) is 28.9 Å². The molecular formula is C14H27FN2. The third kappa shape index (κ3) is 15.0. The molecular weight excluding hydrogens is 215 g/mol. The summed E-state index contributed by atoms with van der Waals surface area (Å²) in [6.45, 7) is 10.2. The van der Waals surface area contributed by atoms with E-state index in [9.17, 15) is 4.39 Å². The summed E-state index contributed by atoms with van der Waals surface area (Å²) >= 11 is 0. The topological polar surface area (TPSA) is 24.4 Å². The zero-order valence-corrected chi connectivity index (χ0v) is 12.0. The number of allylic oxidation sites excluding steroid dienone is 3. The lowest BCUT2D eigenvalue weighted by molar-refractivity contribution is 0.239. The molecule has 2 nitrogen and oxygen atoms in total. The van der Waals surface area contributed by atoms with E-state index in [-0.39, 0.29) is 0 Å². The zero-order valence-electron chi connectivity index (χ0n) is 12.0. The van der Waals surface area contributed by atoms with Crippen LogP contribution in [0.2, 0.25) is 0 Å². The van der Waals surface area contributed by atoms with Gasteiger partial charge in [0.1, 0.15) is 5.67 Å². The fraction of sp³-hybridized carbons (Fsp3) is 0.643. The summed E-state index contributed by atoms with van der Waals surface area (Å²) in [5.41, 5.74) is -0.115. The Morgan fingerprint density at radius 2 is 1.94 bits per heavy atom. The van der Waals surface area contributed by atoms with Gasteiger partial charge in [-0.05, 0) is 52.9 Å². The van der Waals surface area contributed by atoms with E-state index in [4.69, 9.17) is 0 Å². The molecule has 1 N–H and O–H groups in total. The first-order chi connectivity index (χ1) is 7.98. The van der Waals surface area contributed by atoms with Gasteiger partial charge in [0, 0.05) is 12.4 Å². The van der Waals surface area contributed by atoms with Crippen molar-refractivity contribution in [3.8, 4) is 0 Å². The van der Waals surface area contributed by atoms with E-state index < -0.39 is 5.67 Å². The molecule has 0 spiro atoms. The molecule has 0 rings (SSSR count). The highest BCUT2D eigenvalue weighted by Gasteiger charge is 2.17. The lowest BCUT2D eigenvalue weighted by Crippen LogP contribution is -2.21. The highest BCUT2D eigenvalue weighted by Crippen LogP contribution is 2.16. The first-order valence-electron chi connectivity index (χ1n) is 6.16. The van der Waals surface area contributed by atoms with Crippen molar-refractivity contribution in [2.45, 2.75) is 46.7 Å². The quantitative estimate of drug-likeness (QED) is 0.702. The molecule has 1 unspecified atom stereocenters. The highest BCUT2D eigenvalue weighted by molar-refractivity contribution is 5.72. The van der Waals surface area contributed by atoms with Crippen LogP contribution in [0.4, 0.5) is 4.39 Å². The molecule has 0 saturated carbocycles. The SMILES string of the molecule is CC.CNCCC(C)(F)/C=C/N=CC=C(C)C. The number of nitrogens with zero attached hydrogens (tertiary/aromatic N) is 1. The van der Waals surface area contributed by atoms with Crippen LogP contribution >= 0.6 is 0 Å². The maximum atomic E-state index is 13.6.